The number of ether oxygens (including phenoxy) is 5. The summed E-state index contributed by atoms with van der Waals surface area (Å²) in [5, 5.41) is 0. The SMILES string of the molecule is CCOC(=O)C1Oc2ccccc2C1=O.COC(=O)C1Oc2ccccc2C1=O.O=C1COc2ccccc21. The topological polar surface area (TPSA) is 132 Å². The van der Waals surface area contributed by atoms with E-state index in [9.17, 15) is 24.0 Å². The molecule has 39 heavy (non-hydrogen) atoms. The van der Waals surface area contributed by atoms with Gasteiger partial charge < -0.3 is 23.7 Å². The summed E-state index contributed by atoms with van der Waals surface area (Å²) in [5.41, 5.74) is 1.58. The molecule has 3 heterocycles. The van der Waals surface area contributed by atoms with Crippen molar-refractivity contribution in [2.75, 3.05) is 20.3 Å². The third kappa shape index (κ3) is 5.80. The molecule has 0 saturated carbocycles. The van der Waals surface area contributed by atoms with Gasteiger partial charge in [-0.1, -0.05) is 36.4 Å². The first-order valence-corrected chi connectivity index (χ1v) is 11.9. The first kappa shape index (κ1) is 27.1. The Morgan fingerprint density at radius 1 is 0.718 bits per heavy atom. The van der Waals surface area contributed by atoms with Crippen LogP contribution in [-0.4, -0.2) is 61.8 Å². The molecule has 0 saturated heterocycles. The third-order valence-electron chi connectivity index (χ3n) is 5.73. The van der Waals surface area contributed by atoms with E-state index in [-0.39, 0.29) is 30.6 Å². The van der Waals surface area contributed by atoms with Crippen molar-refractivity contribution in [3.63, 3.8) is 0 Å². The summed E-state index contributed by atoms with van der Waals surface area (Å²) in [5.74, 6) is -0.280. The van der Waals surface area contributed by atoms with Gasteiger partial charge in [0.2, 0.25) is 17.3 Å². The highest BCUT2D eigenvalue weighted by Crippen LogP contribution is 2.29. The van der Waals surface area contributed by atoms with Crippen molar-refractivity contribution in [1.29, 1.82) is 0 Å². The Balaban J connectivity index is 0.000000138. The van der Waals surface area contributed by atoms with Gasteiger partial charge in [-0.3, -0.25) is 14.4 Å². The number of para-hydroxylation sites is 3. The zero-order chi connectivity index (χ0) is 27.9. The smallest absolute Gasteiger partial charge is 0.355 e. The van der Waals surface area contributed by atoms with Gasteiger partial charge >= 0.3 is 11.9 Å². The highest BCUT2D eigenvalue weighted by molar-refractivity contribution is 6.15. The van der Waals surface area contributed by atoms with Crippen LogP contribution in [-0.2, 0) is 19.1 Å². The van der Waals surface area contributed by atoms with E-state index in [1.807, 2.05) is 12.1 Å². The molecule has 2 atom stereocenters. The number of rotatable bonds is 3. The van der Waals surface area contributed by atoms with Crippen LogP contribution in [0, 0.1) is 0 Å². The lowest BCUT2D eigenvalue weighted by Crippen LogP contribution is -2.32. The summed E-state index contributed by atoms with van der Waals surface area (Å²) in [7, 11) is 1.22. The monoisotopic (exact) mass is 532 g/mol. The lowest BCUT2D eigenvalue weighted by atomic mass is 10.1. The molecule has 3 aromatic rings. The van der Waals surface area contributed by atoms with Crippen molar-refractivity contribution in [1.82, 2.24) is 0 Å². The Kier molecular flexibility index (Phi) is 8.35. The molecule has 3 aliphatic rings. The van der Waals surface area contributed by atoms with Gasteiger partial charge in [0.25, 0.3) is 12.2 Å². The molecule has 200 valence electrons. The second kappa shape index (κ2) is 12.0. The van der Waals surface area contributed by atoms with Gasteiger partial charge in [-0.05, 0) is 43.3 Å². The van der Waals surface area contributed by atoms with Crippen LogP contribution in [0.5, 0.6) is 17.2 Å². The first-order chi connectivity index (χ1) is 18.8. The molecule has 0 fully saturated rings. The number of esters is 2. The average Bonchev–Trinajstić information content (AvgIpc) is 3.63. The number of benzene rings is 3. The van der Waals surface area contributed by atoms with Crippen molar-refractivity contribution in [2.24, 2.45) is 0 Å². The van der Waals surface area contributed by atoms with E-state index >= 15 is 0 Å². The van der Waals surface area contributed by atoms with Crippen molar-refractivity contribution in [3.05, 3.63) is 89.5 Å². The number of hydrogen-bond acceptors (Lipinski definition) is 10. The van der Waals surface area contributed by atoms with Crippen molar-refractivity contribution in [3.8, 4) is 17.2 Å². The lowest BCUT2D eigenvalue weighted by molar-refractivity contribution is -0.148. The molecule has 0 aliphatic carbocycles. The number of carbonyl (C=O) groups is 5. The van der Waals surface area contributed by atoms with Gasteiger partial charge in [0.1, 0.15) is 17.2 Å². The number of hydrogen-bond donors (Lipinski definition) is 0. The molecular weight excluding hydrogens is 508 g/mol. The van der Waals surface area contributed by atoms with Gasteiger partial charge in [0, 0.05) is 0 Å². The lowest BCUT2D eigenvalue weighted by Gasteiger charge is -2.07. The van der Waals surface area contributed by atoms with Crippen LogP contribution in [0.25, 0.3) is 0 Å². The maximum absolute atomic E-state index is 11.7. The Bertz CT molecular complexity index is 1430. The van der Waals surface area contributed by atoms with Gasteiger partial charge in [0.05, 0.1) is 30.4 Å². The molecule has 6 rings (SSSR count). The normalized spacial score (nSPS) is 17.4. The van der Waals surface area contributed by atoms with E-state index < -0.39 is 24.1 Å². The Morgan fingerprint density at radius 3 is 1.64 bits per heavy atom. The van der Waals surface area contributed by atoms with E-state index in [0.29, 0.717) is 33.9 Å². The Labute approximate surface area is 223 Å². The van der Waals surface area contributed by atoms with Crippen molar-refractivity contribution >= 4 is 29.3 Å². The van der Waals surface area contributed by atoms with E-state index in [1.165, 1.54) is 7.11 Å². The quantitative estimate of drug-likeness (QED) is 0.366. The molecule has 0 spiro atoms. The van der Waals surface area contributed by atoms with E-state index in [4.69, 9.17) is 18.9 Å². The number of ketones is 3. The van der Waals surface area contributed by atoms with Gasteiger partial charge in [-0.25, -0.2) is 9.59 Å². The minimum Gasteiger partial charge on any atom is -0.485 e. The van der Waals surface area contributed by atoms with Gasteiger partial charge in [-0.2, -0.15) is 0 Å². The predicted molar refractivity (Wildman–Crippen MR) is 135 cm³/mol. The van der Waals surface area contributed by atoms with Crippen molar-refractivity contribution in [2.45, 2.75) is 19.1 Å². The minimum atomic E-state index is -1.13. The van der Waals surface area contributed by atoms with E-state index in [1.54, 1.807) is 67.6 Å². The fourth-order valence-electron chi connectivity index (χ4n) is 3.87. The fourth-order valence-corrected chi connectivity index (χ4v) is 3.87. The summed E-state index contributed by atoms with van der Waals surface area (Å²) in [6.45, 7) is 2.13. The van der Waals surface area contributed by atoms with Crippen LogP contribution < -0.4 is 14.2 Å². The van der Waals surface area contributed by atoms with Crippen LogP contribution in [0.3, 0.4) is 0 Å². The number of carbonyl (C=O) groups excluding carboxylic acids is 5. The molecule has 3 aromatic carbocycles. The molecule has 0 bridgehead atoms. The Hall–Kier alpha value is -4.99. The number of methoxy groups -OCH3 is 1. The van der Waals surface area contributed by atoms with Crippen LogP contribution in [0.2, 0.25) is 0 Å². The summed E-state index contributed by atoms with van der Waals surface area (Å²) in [4.78, 5) is 56.7. The van der Waals surface area contributed by atoms with Gasteiger partial charge in [0.15, 0.2) is 6.61 Å². The number of Topliss-reactive ketones (excluding diaryl/α,β-unsaturated/α-hetero) is 3. The number of fused-ring (bicyclic) bond motifs is 3. The van der Waals surface area contributed by atoms with Crippen LogP contribution in [0.1, 0.15) is 38.0 Å². The van der Waals surface area contributed by atoms with Gasteiger partial charge in [-0.15, -0.1) is 0 Å². The molecular formula is C29H24O10. The van der Waals surface area contributed by atoms with E-state index in [0.717, 1.165) is 0 Å². The molecule has 3 aliphatic heterocycles. The molecule has 10 heteroatoms. The van der Waals surface area contributed by atoms with Crippen LogP contribution in [0.15, 0.2) is 72.8 Å². The molecule has 10 nitrogen and oxygen atoms in total. The average molecular weight is 533 g/mol. The third-order valence-corrected chi connectivity index (χ3v) is 5.73. The van der Waals surface area contributed by atoms with E-state index in [2.05, 4.69) is 4.74 Å². The summed E-state index contributed by atoms with van der Waals surface area (Å²) in [6.07, 6.45) is -2.25. The van der Waals surface area contributed by atoms with Crippen LogP contribution in [0.4, 0.5) is 0 Å². The molecule has 2 unspecified atom stereocenters. The molecule has 0 N–H and O–H groups in total. The molecule has 0 aromatic heterocycles. The fraction of sp³-hybridized carbons (Fsp3) is 0.207. The Morgan fingerprint density at radius 2 is 1.18 bits per heavy atom. The first-order valence-electron chi connectivity index (χ1n) is 11.9. The zero-order valence-corrected chi connectivity index (χ0v) is 21.1. The van der Waals surface area contributed by atoms with Crippen LogP contribution >= 0.6 is 0 Å². The summed E-state index contributed by atoms with van der Waals surface area (Å²) >= 11 is 0. The second-order valence-electron chi connectivity index (χ2n) is 8.20. The largest absolute Gasteiger partial charge is 0.485 e. The predicted octanol–water partition coefficient (Wildman–Crippen LogP) is 3.26. The zero-order valence-electron chi connectivity index (χ0n) is 21.1. The highest BCUT2D eigenvalue weighted by atomic mass is 16.6. The highest BCUT2D eigenvalue weighted by Gasteiger charge is 2.39. The minimum absolute atomic E-state index is 0.0793. The molecule has 0 amide bonds. The molecule has 0 radical (unpaired) electrons. The standard InChI is InChI=1S/C11H10O4.C10H8O4.C8H6O2/c1-2-14-11(13)10-9(12)7-5-3-4-6-8(7)15-10;1-13-10(12)9-8(11)6-4-2-3-5-7(6)14-9;9-7-5-10-8-4-2-1-3-6(7)8/h3-6,10H,2H2,1H3;2-5,9H,1H3;1-4H,5H2. The van der Waals surface area contributed by atoms with Crippen molar-refractivity contribution < 1.29 is 47.7 Å². The second-order valence-corrected chi connectivity index (χ2v) is 8.20. The summed E-state index contributed by atoms with van der Waals surface area (Å²) in [6, 6.07) is 20.8. The summed E-state index contributed by atoms with van der Waals surface area (Å²) < 4.78 is 24.6. The maximum Gasteiger partial charge on any atom is 0.355 e. The maximum atomic E-state index is 11.7.